The van der Waals surface area contributed by atoms with Gasteiger partial charge in [0, 0.05) is 12.4 Å². The number of alkyl halides is 4. The number of carbonyl (C=O) groups is 1. The molecule has 0 radical (unpaired) electrons. The van der Waals surface area contributed by atoms with Crippen LogP contribution in [0.3, 0.4) is 0 Å². The van der Waals surface area contributed by atoms with E-state index in [1.165, 1.54) is 12.1 Å². The number of nitrogens with zero attached hydrogens (tertiary/aromatic N) is 1. The number of benzene rings is 1. The molecule has 0 aliphatic carbocycles. The predicted octanol–water partition coefficient (Wildman–Crippen LogP) is 3.29. The summed E-state index contributed by atoms with van der Waals surface area (Å²) in [5.74, 6) is -1.33. The minimum Gasteiger partial charge on any atom is -0.508 e. The first-order valence-corrected chi connectivity index (χ1v) is 6.06. The molecular weight excluding hydrogens is 306 g/mol. The predicted molar refractivity (Wildman–Crippen MR) is 65.8 cm³/mol. The number of rotatable bonds is 4. The van der Waals surface area contributed by atoms with Gasteiger partial charge in [0.1, 0.15) is 12.3 Å². The Hall–Kier alpha value is -1.14. The molecule has 1 aromatic carbocycles. The van der Waals surface area contributed by atoms with Gasteiger partial charge in [-0.3, -0.25) is 4.79 Å². The molecule has 19 heavy (non-hydrogen) atoms. The van der Waals surface area contributed by atoms with Gasteiger partial charge in [0.05, 0.1) is 10.6 Å². The number of phenols is 1. The van der Waals surface area contributed by atoms with E-state index < -0.39 is 18.6 Å². The van der Waals surface area contributed by atoms with Crippen molar-refractivity contribution in [1.82, 2.24) is 4.90 Å². The lowest BCUT2D eigenvalue weighted by Gasteiger charge is -2.23. The van der Waals surface area contributed by atoms with Crippen molar-refractivity contribution in [3.8, 4) is 5.75 Å². The van der Waals surface area contributed by atoms with Crippen molar-refractivity contribution in [2.45, 2.75) is 6.18 Å². The van der Waals surface area contributed by atoms with Crippen LogP contribution in [0, 0.1) is 0 Å². The van der Waals surface area contributed by atoms with Gasteiger partial charge in [-0.15, -0.1) is 11.6 Å². The smallest absolute Gasteiger partial charge is 0.406 e. The maximum absolute atomic E-state index is 12.4. The Morgan fingerprint density at radius 3 is 2.53 bits per heavy atom. The fourth-order valence-corrected chi connectivity index (χ4v) is 1.82. The largest absolute Gasteiger partial charge is 0.508 e. The number of hydrogen-bond acceptors (Lipinski definition) is 2. The molecule has 1 N–H and O–H groups in total. The number of carbonyl (C=O) groups excluding carboxylic acids is 1. The first kappa shape index (κ1) is 15.9. The van der Waals surface area contributed by atoms with Crippen molar-refractivity contribution in [1.29, 1.82) is 0 Å². The van der Waals surface area contributed by atoms with Crippen LogP contribution in [-0.4, -0.2) is 41.1 Å². The molecule has 1 aromatic rings. The monoisotopic (exact) mass is 315 g/mol. The fraction of sp³-hybridized carbons (Fsp3) is 0.364. The Kier molecular flexibility index (Phi) is 5.31. The molecule has 8 heteroatoms. The molecule has 0 aromatic heterocycles. The summed E-state index contributed by atoms with van der Waals surface area (Å²) in [6.07, 6.45) is -4.54. The summed E-state index contributed by atoms with van der Waals surface area (Å²) >= 11 is 11.1. The Labute approximate surface area is 117 Å². The fourth-order valence-electron chi connectivity index (χ4n) is 1.42. The summed E-state index contributed by atoms with van der Waals surface area (Å²) in [5, 5.41) is 9.22. The van der Waals surface area contributed by atoms with Crippen molar-refractivity contribution >= 4 is 29.1 Å². The van der Waals surface area contributed by atoms with E-state index in [0.717, 1.165) is 6.07 Å². The summed E-state index contributed by atoms with van der Waals surface area (Å²) in [7, 11) is 0. The van der Waals surface area contributed by atoms with Gasteiger partial charge in [-0.25, -0.2) is 0 Å². The Bertz CT molecular complexity index is 466. The van der Waals surface area contributed by atoms with E-state index in [1.807, 2.05) is 0 Å². The Morgan fingerprint density at radius 1 is 1.37 bits per heavy atom. The van der Waals surface area contributed by atoms with Crippen LogP contribution in [0.1, 0.15) is 10.4 Å². The highest BCUT2D eigenvalue weighted by molar-refractivity contribution is 6.33. The van der Waals surface area contributed by atoms with Crippen molar-refractivity contribution in [3.05, 3.63) is 28.8 Å². The van der Waals surface area contributed by atoms with Crippen LogP contribution in [0.15, 0.2) is 18.2 Å². The highest BCUT2D eigenvalue weighted by Crippen LogP contribution is 2.24. The molecule has 0 spiro atoms. The van der Waals surface area contributed by atoms with Crippen molar-refractivity contribution in [2.75, 3.05) is 19.0 Å². The van der Waals surface area contributed by atoms with Gasteiger partial charge in [0.25, 0.3) is 5.91 Å². The molecule has 0 bridgehead atoms. The summed E-state index contributed by atoms with van der Waals surface area (Å²) in [5.41, 5.74) is -0.198. The molecule has 0 unspecified atom stereocenters. The van der Waals surface area contributed by atoms with Gasteiger partial charge in [-0.2, -0.15) is 13.2 Å². The first-order chi connectivity index (χ1) is 8.74. The van der Waals surface area contributed by atoms with E-state index in [-0.39, 0.29) is 28.8 Å². The molecule has 0 saturated heterocycles. The van der Waals surface area contributed by atoms with Crippen LogP contribution >= 0.6 is 23.2 Å². The van der Waals surface area contributed by atoms with E-state index in [9.17, 15) is 23.1 Å². The molecule has 0 aliphatic rings. The maximum Gasteiger partial charge on any atom is 0.406 e. The quantitative estimate of drug-likeness (QED) is 0.866. The third kappa shape index (κ3) is 4.80. The molecule has 106 valence electrons. The van der Waals surface area contributed by atoms with E-state index in [4.69, 9.17) is 23.2 Å². The van der Waals surface area contributed by atoms with E-state index in [0.29, 0.717) is 4.90 Å². The molecule has 0 saturated carbocycles. The lowest BCUT2D eigenvalue weighted by Crippen LogP contribution is -2.40. The second-order valence-electron chi connectivity index (χ2n) is 3.70. The van der Waals surface area contributed by atoms with Crippen molar-refractivity contribution in [2.24, 2.45) is 0 Å². The van der Waals surface area contributed by atoms with Crippen LogP contribution in [0.25, 0.3) is 0 Å². The molecule has 1 amide bonds. The lowest BCUT2D eigenvalue weighted by molar-refractivity contribution is -0.140. The van der Waals surface area contributed by atoms with Crippen LogP contribution in [0.2, 0.25) is 5.02 Å². The normalized spacial score (nSPS) is 11.4. The van der Waals surface area contributed by atoms with Gasteiger partial charge >= 0.3 is 6.18 Å². The van der Waals surface area contributed by atoms with Crippen molar-refractivity contribution in [3.63, 3.8) is 0 Å². The highest BCUT2D eigenvalue weighted by atomic mass is 35.5. The van der Waals surface area contributed by atoms with Crippen LogP contribution in [0.4, 0.5) is 13.2 Å². The van der Waals surface area contributed by atoms with Gasteiger partial charge in [0.2, 0.25) is 0 Å². The third-order valence-corrected chi connectivity index (χ3v) is 2.69. The molecule has 0 fully saturated rings. The molecule has 0 heterocycles. The van der Waals surface area contributed by atoms with Gasteiger partial charge < -0.3 is 10.0 Å². The molecule has 0 atom stereocenters. The average Bonchev–Trinajstić information content (AvgIpc) is 2.29. The molecule has 0 aliphatic heterocycles. The summed E-state index contributed by atoms with van der Waals surface area (Å²) < 4.78 is 37.1. The summed E-state index contributed by atoms with van der Waals surface area (Å²) in [6.45, 7) is -1.70. The number of halogens is 5. The van der Waals surface area contributed by atoms with E-state index in [2.05, 4.69) is 0 Å². The summed E-state index contributed by atoms with van der Waals surface area (Å²) in [6, 6.07) is 3.48. The second-order valence-corrected chi connectivity index (χ2v) is 4.48. The summed E-state index contributed by atoms with van der Waals surface area (Å²) in [4.78, 5) is 12.5. The number of aromatic hydroxyl groups is 1. The SMILES string of the molecule is O=C(c1cc(O)ccc1Cl)N(CCCl)CC(F)(F)F. The topological polar surface area (TPSA) is 40.5 Å². The first-order valence-electron chi connectivity index (χ1n) is 5.15. The Balaban J connectivity index is 3.02. The minimum atomic E-state index is -4.54. The van der Waals surface area contributed by atoms with Crippen LogP contribution < -0.4 is 0 Å². The van der Waals surface area contributed by atoms with Crippen molar-refractivity contribution < 1.29 is 23.1 Å². The number of hydrogen-bond donors (Lipinski definition) is 1. The number of phenolic OH excluding ortho intramolecular Hbond substituents is 1. The zero-order chi connectivity index (χ0) is 14.6. The van der Waals surface area contributed by atoms with E-state index >= 15 is 0 Å². The Morgan fingerprint density at radius 2 is 2.00 bits per heavy atom. The standard InChI is InChI=1S/C11H10Cl2F3NO2/c12-3-4-17(6-11(14,15)16)10(19)8-5-7(18)1-2-9(8)13/h1-2,5,18H,3-4,6H2. The number of amides is 1. The molecule has 1 rings (SSSR count). The average molecular weight is 316 g/mol. The molecule has 3 nitrogen and oxygen atoms in total. The zero-order valence-electron chi connectivity index (χ0n) is 9.55. The highest BCUT2D eigenvalue weighted by Gasteiger charge is 2.33. The van der Waals surface area contributed by atoms with Crippen LogP contribution in [-0.2, 0) is 0 Å². The van der Waals surface area contributed by atoms with Crippen LogP contribution in [0.5, 0.6) is 5.75 Å². The van der Waals surface area contributed by atoms with Gasteiger partial charge in [-0.1, -0.05) is 11.6 Å². The second kappa shape index (κ2) is 6.34. The lowest BCUT2D eigenvalue weighted by atomic mass is 10.2. The minimum absolute atomic E-state index is 0.0375. The zero-order valence-corrected chi connectivity index (χ0v) is 11.1. The van der Waals surface area contributed by atoms with E-state index in [1.54, 1.807) is 0 Å². The maximum atomic E-state index is 12.4. The third-order valence-electron chi connectivity index (χ3n) is 2.19. The van der Waals surface area contributed by atoms with Gasteiger partial charge in [-0.05, 0) is 18.2 Å². The van der Waals surface area contributed by atoms with Gasteiger partial charge in [0.15, 0.2) is 0 Å². The molecular formula is C11H10Cl2F3NO2.